The van der Waals surface area contributed by atoms with E-state index in [1.807, 2.05) is 42.2 Å². The lowest BCUT2D eigenvalue weighted by Crippen LogP contribution is -2.50. The molecule has 1 aliphatic heterocycles. The molecule has 0 saturated carbocycles. The fourth-order valence-electron chi connectivity index (χ4n) is 3.41. The Hall–Kier alpha value is -2.93. The fraction of sp³-hybridized carbons (Fsp3) is 0.318. The molecule has 1 aliphatic rings. The largest absolute Gasteiger partial charge is 0.343 e. The Balaban J connectivity index is 1.32. The highest BCUT2D eigenvalue weighted by Crippen LogP contribution is 2.22. The number of benzene rings is 2. The van der Waals surface area contributed by atoms with Crippen molar-refractivity contribution in [3.05, 3.63) is 71.0 Å². The highest BCUT2D eigenvalue weighted by Gasteiger charge is 2.23. The zero-order valence-electron chi connectivity index (χ0n) is 16.8. The molecule has 7 heteroatoms. The second kappa shape index (κ2) is 8.61. The number of aryl methyl sites for hydroxylation is 1. The zero-order valence-corrected chi connectivity index (χ0v) is 17.6. The lowest BCUT2D eigenvalue weighted by Gasteiger charge is -2.34. The summed E-state index contributed by atoms with van der Waals surface area (Å²) in [7, 11) is 0. The van der Waals surface area contributed by atoms with E-state index >= 15 is 0 Å². The van der Waals surface area contributed by atoms with E-state index in [0.29, 0.717) is 13.1 Å². The molecule has 3 aromatic rings. The number of amides is 2. The van der Waals surface area contributed by atoms with Crippen molar-refractivity contribution >= 4 is 28.4 Å². The van der Waals surface area contributed by atoms with Crippen LogP contribution in [-0.2, 0) is 6.42 Å². The number of hydrogen-bond donors (Lipinski definition) is 1. The molecular weight excluding hydrogens is 382 g/mol. The Morgan fingerprint density at radius 1 is 1.03 bits per heavy atom. The third-order valence-corrected chi connectivity index (χ3v) is 6.16. The van der Waals surface area contributed by atoms with E-state index in [1.165, 1.54) is 22.7 Å². The summed E-state index contributed by atoms with van der Waals surface area (Å²) >= 11 is 1.44. The van der Waals surface area contributed by atoms with Crippen LogP contribution in [0.4, 0.5) is 15.6 Å². The molecule has 0 radical (unpaired) electrons. The molecule has 4 rings (SSSR count). The van der Waals surface area contributed by atoms with E-state index in [9.17, 15) is 4.79 Å². The van der Waals surface area contributed by atoms with Gasteiger partial charge in [-0.2, -0.15) is 4.37 Å². The first-order valence-electron chi connectivity index (χ1n) is 9.84. The minimum atomic E-state index is -0.0413. The van der Waals surface area contributed by atoms with Crippen LogP contribution in [0.3, 0.4) is 0 Å². The van der Waals surface area contributed by atoms with Crippen LogP contribution in [0.1, 0.15) is 22.5 Å². The standard InChI is InChI=1S/C22H25N5OS/c1-16-7-6-10-19(17(16)2)23-21(28)26-11-13-27(14-12-26)22-24-20(25-29-22)15-18-8-4-3-5-9-18/h3-10H,11-15H2,1-2H3,(H,23,28). The summed E-state index contributed by atoms with van der Waals surface area (Å²) in [6.07, 6.45) is 0.746. The number of aromatic nitrogens is 2. The summed E-state index contributed by atoms with van der Waals surface area (Å²) in [5.41, 5.74) is 4.38. The summed E-state index contributed by atoms with van der Waals surface area (Å²) in [5, 5.41) is 3.99. The first-order chi connectivity index (χ1) is 14.1. The van der Waals surface area contributed by atoms with Gasteiger partial charge in [-0.05, 0) is 36.6 Å². The molecule has 2 heterocycles. The van der Waals surface area contributed by atoms with Crippen molar-refractivity contribution in [1.29, 1.82) is 0 Å². The minimum absolute atomic E-state index is 0.0413. The van der Waals surface area contributed by atoms with E-state index in [-0.39, 0.29) is 6.03 Å². The SMILES string of the molecule is Cc1cccc(NC(=O)N2CCN(c3nc(Cc4ccccc4)ns3)CC2)c1C. The second-order valence-electron chi connectivity index (χ2n) is 7.31. The lowest BCUT2D eigenvalue weighted by molar-refractivity contribution is 0.208. The van der Waals surface area contributed by atoms with Crippen LogP contribution in [0.15, 0.2) is 48.5 Å². The maximum Gasteiger partial charge on any atom is 0.321 e. The van der Waals surface area contributed by atoms with Gasteiger partial charge in [0, 0.05) is 49.8 Å². The Kier molecular flexibility index (Phi) is 5.76. The number of rotatable bonds is 4. The summed E-state index contributed by atoms with van der Waals surface area (Å²) in [6, 6.07) is 16.2. The number of anilines is 2. The molecule has 6 nitrogen and oxygen atoms in total. The molecule has 0 bridgehead atoms. The van der Waals surface area contributed by atoms with Crippen molar-refractivity contribution in [2.75, 3.05) is 36.4 Å². The van der Waals surface area contributed by atoms with E-state index in [0.717, 1.165) is 41.7 Å². The second-order valence-corrected chi connectivity index (χ2v) is 8.04. The third kappa shape index (κ3) is 4.56. The number of nitrogens with one attached hydrogen (secondary N) is 1. The van der Waals surface area contributed by atoms with Crippen LogP contribution < -0.4 is 10.2 Å². The fourth-order valence-corrected chi connectivity index (χ4v) is 4.14. The predicted octanol–water partition coefficient (Wildman–Crippen LogP) is 4.10. The molecule has 2 amide bonds. The minimum Gasteiger partial charge on any atom is -0.343 e. The van der Waals surface area contributed by atoms with Crippen molar-refractivity contribution in [3.63, 3.8) is 0 Å². The molecule has 1 fully saturated rings. The van der Waals surface area contributed by atoms with E-state index in [2.05, 4.69) is 39.7 Å². The van der Waals surface area contributed by atoms with Gasteiger partial charge in [-0.25, -0.2) is 9.78 Å². The summed E-state index contributed by atoms with van der Waals surface area (Å²) in [6.45, 7) is 6.96. The van der Waals surface area contributed by atoms with Gasteiger partial charge >= 0.3 is 6.03 Å². The van der Waals surface area contributed by atoms with Crippen LogP contribution >= 0.6 is 11.5 Å². The molecule has 1 N–H and O–H groups in total. The van der Waals surface area contributed by atoms with Gasteiger partial charge in [-0.1, -0.05) is 42.5 Å². The molecule has 0 atom stereocenters. The van der Waals surface area contributed by atoms with Crippen molar-refractivity contribution in [2.45, 2.75) is 20.3 Å². The molecule has 29 heavy (non-hydrogen) atoms. The number of nitrogens with zero attached hydrogens (tertiary/aromatic N) is 4. The quantitative estimate of drug-likeness (QED) is 0.707. The molecule has 1 aromatic heterocycles. The van der Waals surface area contributed by atoms with Gasteiger partial charge in [-0.3, -0.25) is 0 Å². The van der Waals surface area contributed by atoms with Gasteiger partial charge in [0.05, 0.1) is 0 Å². The monoisotopic (exact) mass is 407 g/mol. The van der Waals surface area contributed by atoms with E-state index in [4.69, 9.17) is 4.98 Å². The van der Waals surface area contributed by atoms with Crippen LogP contribution in [0, 0.1) is 13.8 Å². The average molecular weight is 408 g/mol. The van der Waals surface area contributed by atoms with Gasteiger partial charge in [-0.15, -0.1) is 0 Å². The Morgan fingerprint density at radius 2 is 1.79 bits per heavy atom. The summed E-state index contributed by atoms with van der Waals surface area (Å²) in [5.74, 6) is 0.853. The Bertz CT molecular complexity index is 980. The first kappa shape index (κ1) is 19.4. The van der Waals surface area contributed by atoms with E-state index < -0.39 is 0 Å². The smallest absolute Gasteiger partial charge is 0.321 e. The Morgan fingerprint density at radius 3 is 2.55 bits per heavy atom. The van der Waals surface area contributed by atoms with Crippen molar-refractivity contribution < 1.29 is 4.79 Å². The van der Waals surface area contributed by atoms with Gasteiger partial charge in [0.15, 0.2) is 0 Å². The van der Waals surface area contributed by atoms with E-state index in [1.54, 1.807) is 0 Å². The highest BCUT2D eigenvalue weighted by molar-refractivity contribution is 7.09. The number of carbonyl (C=O) groups is 1. The van der Waals surface area contributed by atoms with Gasteiger partial charge in [0.2, 0.25) is 5.13 Å². The zero-order chi connectivity index (χ0) is 20.2. The number of carbonyl (C=O) groups excluding carboxylic acids is 1. The van der Waals surface area contributed by atoms with Crippen LogP contribution in [0.5, 0.6) is 0 Å². The molecule has 1 saturated heterocycles. The predicted molar refractivity (Wildman–Crippen MR) is 118 cm³/mol. The van der Waals surface area contributed by atoms with Gasteiger partial charge in [0.1, 0.15) is 5.82 Å². The lowest BCUT2D eigenvalue weighted by atomic mass is 10.1. The van der Waals surface area contributed by atoms with Crippen molar-refractivity contribution in [3.8, 4) is 0 Å². The molecule has 0 spiro atoms. The molecule has 2 aromatic carbocycles. The normalized spacial score (nSPS) is 14.1. The topological polar surface area (TPSA) is 61.4 Å². The van der Waals surface area contributed by atoms with Crippen LogP contribution in [-0.4, -0.2) is 46.5 Å². The number of piperazine rings is 1. The van der Waals surface area contributed by atoms with Gasteiger partial charge in [0.25, 0.3) is 0 Å². The molecule has 0 aliphatic carbocycles. The van der Waals surface area contributed by atoms with Crippen LogP contribution in [0.25, 0.3) is 0 Å². The van der Waals surface area contributed by atoms with Crippen LogP contribution in [0.2, 0.25) is 0 Å². The molecule has 0 unspecified atom stereocenters. The summed E-state index contributed by atoms with van der Waals surface area (Å²) in [4.78, 5) is 21.4. The highest BCUT2D eigenvalue weighted by atomic mass is 32.1. The number of hydrogen-bond acceptors (Lipinski definition) is 5. The third-order valence-electron chi connectivity index (χ3n) is 5.35. The number of urea groups is 1. The average Bonchev–Trinajstić information content (AvgIpc) is 3.21. The summed E-state index contributed by atoms with van der Waals surface area (Å²) < 4.78 is 4.51. The van der Waals surface area contributed by atoms with Gasteiger partial charge < -0.3 is 15.1 Å². The first-order valence-corrected chi connectivity index (χ1v) is 10.6. The molecular formula is C22H25N5OS. The van der Waals surface area contributed by atoms with Crippen molar-refractivity contribution in [2.24, 2.45) is 0 Å². The maximum absolute atomic E-state index is 12.7. The maximum atomic E-state index is 12.7. The van der Waals surface area contributed by atoms with Crippen molar-refractivity contribution in [1.82, 2.24) is 14.3 Å². The Labute approximate surface area is 175 Å². The molecule has 150 valence electrons.